The predicted molar refractivity (Wildman–Crippen MR) is 137 cm³/mol. The van der Waals surface area contributed by atoms with Crippen LogP contribution >= 0.6 is 11.8 Å². The number of nitrogens with zero attached hydrogens (tertiary/aromatic N) is 2. The van der Waals surface area contributed by atoms with E-state index in [-0.39, 0.29) is 22.8 Å². The first-order valence-electron chi connectivity index (χ1n) is 10.9. The Morgan fingerprint density at radius 3 is 2.47 bits per heavy atom. The predicted octanol–water partition coefficient (Wildman–Crippen LogP) is 5.54. The molecule has 7 heteroatoms. The normalized spacial score (nSPS) is 11.2. The van der Waals surface area contributed by atoms with Crippen molar-refractivity contribution in [3.8, 4) is 0 Å². The van der Waals surface area contributed by atoms with Gasteiger partial charge in [0, 0.05) is 11.1 Å². The van der Waals surface area contributed by atoms with E-state index in [0.717, 1.165) is 27.8 Å². The number of aromatic nitrogens is 2. The Morgan fingerprint density at radius 1 is 1.00 bits per heavy atom. The summed E-state index contributed by atoms with van der Waals surface area (Å²) in [7, 11) is 0. The Morgan fingerprint density at radius 2 is 1.71 bits per heavy atom. The van der Waals surface area contributed by atoms with Gasteiger partial charge in [0.2, 0.25) is 11.5 Å². The molecule has 0 aliphatic carbocycles. The zero-order valence-electron chi connectivity index (χ0n) is 18.9. The van der Waals surface area contributed by atoms with Gasteiger partial charge in [-0.2, -0.15) is 0 Å². The van der Waals surface area contributed by atoms with Crippen LogP contribution in [0.15, 0.2) is 87.2 Å². The lowest BCUT2D eigenvalue weighted by Crippen LogP contribution is -2.24. The molecule has 0 atom stereocenters. The highest BCUT2D eigenvalue weighted by atomic mass is 32.2. The number of para-hydroxylation sites is 1. The second-order valence-corrected chi connectivity index (χ2v) is 9.20. The van der Waals surface area contributed by atoms with Crippen LogP contribution in [0.25, 0.3) is 22.1 Å². The minimum absolute atomic E-state index is 0.121. The lowest BCUT2D eigenvalue weighted by atomic mass is 10.1. The monoisotopic (exact) mass is 469 g/mol. The van der Waals surface area contributed by atoms with Crippen molar-refractivity contribution in [2.24, 2.45) is 0 Å². The van der Waals surface area contributed by atoms with E-state index in [9.17, 15) is 9.59 Å². The van der Waals surface area contributed by atoms with Crippen molar-refractivity contribution < 1.29 is 9.21 Å². The topological polar surface area (TPSA) is 77.1 Å². The lowest BCUT2D eigenvalue weighted by Gasteiger charge is -2.12. The van der Waals surface area contributed by atoms with Crippen molar-refractivity contribution in [3.05, 3.63) is 99.8 Å². The number of nitrogens with one attached hydrogen (secondary N) is 1. The van der Waals surface area contributed by atoms with E-state index in [1.165, 1.54) is 11.8 Å². The molecule has 0 bridgehead atoms. The summed E-state index contributed by atoms with van der Waals surface area (Å²) in [6, 6.07) is 23.1. The van der Waals surface area contributed by atoms with Crippen LogP contribution in [0.3, 0.4) is 0 Å². The third-order valence-corrected chi connectivity index (χ3v) is 6.44. The fourth-order valence-corrected chi connectivity index (χ4v) is 4.83. The molecule has 3 aromatic carbocycles. The van der Waals surface area contributed by atoms with Crippen molar-refractivity contribution >= 4 is 45.4 Å². The maximum atomic E-state index is 13.4. The molecule has 34 heavy (non-hydrogen) atoms. The second-order valence-electron chi connectivity index (χ2n) is 8.26. The van der Waals surface area contributed by atoms with Gasteiger partial charge in [-0.15, -0.1) is 0 Å². The van der Waals surface area contributed by atoms with Crippen LogP contribution < -0.4 is 10.9 Å². The standard InChI is InChI=1S/C27H23N3O3S/c1-17-12-18(2)14-20(13-17)28-23(31)16-34-27-29-24-21-10-6-7-11-22(21)33-25(24)26(32)30(27)15-19-8-4-3-5-9-19/h3-14H,15-16H2,1-2H3,(H,28,31). The molecule has 0 aliphatic rings. The minimum atomic E-state index is -0.262. The van der Waals surface area contributed by atoms with Crippen LogP contribution in [0.1, 0.15) is 16.7 Å². The molecule has 0 fully saturated rings. The molecule has 5 aromatic rings. The maximum absolute atomic E-state index is 13.4. The van der Waals surface area contributed by atoms with Gasteiger partial charge in [0.05, 0.1) is 12.3 Å². The van der Waals surface area contributed by atoms with Crippen LogP contribution in [0, 0.1) is 13.8 Å². The van der Waals surface area contributed by atoms with Crippen LogP contribution in [-0.2, 0) is 11.3 Å². The van der Waals surface area contributed by atoms with E-state index in [4.69, 9.17) is 9.40 Å². The van der Waals surface area contributed by atoms with E-state index in [1.807, 2.05) is 80.6 Å². The molecule has 0 unspecified atom stereocenters. The SMILES string of the molecule is Cc1cc(C)cc(NC(=O)CSc2nc3c(oc4ccccc43)c(=O)n2Cc2ccccc2)c1. The number of hydrogen-bond acceptors (Lipinski definition) is 5. The van der Waals surface area contributed by atoms with Crippen molar-refractivity contribution in [1.29, 1.82) is 0 Å². The van der Waals surface area contributed by atoms with E-state index in [0.29, 0.717) is 22.8 Å². The summed E-state index contributed by atoms with van der Waals surface area (Å²) in [5.74, 6) is -0.0390. The first-order valence-corrected chi connectivity index (χ1v) is 11.9. The minimum Gasteiger partial charge on any atom is -0.448 e. The number of amides is 1. The summed E-state index contributed by atoms with van der Waals surface area (Å²) >= 11 is 1.24. The fraction of sp³-hybridized carbons (Fsp3) is 0.148. The summed E-state index contributed by atoms with van der Waals surface area (Å²) in [5.41, 5.74) is 4.98. The molecule has 170 valence electrons. The molecule has 2 heterocycles. The van der Waals surface area contributed by atoms with Gasteiger partial charge >= 0.3 is 0 Å². The van der Waals surface area contributed by atoms with E-state index in [1.54, 1.807) is 4.57 Å². The van der Waals surface area contributed by atoms with Gasteiger partial charge in [0.1, 0.15) is 11.1 Å². The van der Waals surface area contributed by atoms with Crippen molar-refractivity contribution in [2.45, 2.75) is 25.5 Å². The Hall–Kier alpha value is -3.84. The highest BCUT2D eigenvalue weighted by Crippen LogP contribution is 2.27. The number of furan rings is 1. The van der Waals surface area contributed by atoms with Gasteiger partial charge in [0.25, 0.3) is 5.56 Å². The van der Waals surface area contributed by atoms with Gasteiger partial charge in [-0.25, -0.2) is 4.98 Å². The third kappa shape index (κ3) is 4.47. The van der Waals surface area contributed by atoms with Crippen LogP contribution in [-0.4, -0.2) is 21.2 Å². The molecule has 0 aliphatic heterocycles. The molecular formula is C27H23N3O3S. The van der Waals surface area contributed by atoms with Crippen LogP contribution in [0.2, 0.25) is 0 Å². The highest BCUT2D eigenvalue weighted by Gasteiger charge is 2.19. The first kappa shape index (κ1) is 22.0. The number of aryl methyl sites for hydroxylation is 2. The second kappa shape index (κ2) is 9.19. The molecule has 2 aromatic heterocycles. The Kier molecular flexibility index (Phi) is 5.94. The van der Waals surface area contributed by atoms with E-state index in [2.05, 4.69) is 11.4 Å². The van der Waals surface area contributed by atoms with Crippen LogP contribution in [0.5, 0.6) is 0 Å². The summed E-state index contributed by atoms with van der Waals surface area (Å²) in [5, 5.41) is 4.20. The summed E-state index contributed by atoms with van der Waals surface area (Å²) in [6.07, 6.45) is 0. The molecule has 0 saturated carbocycles. The van der Waals surface area contributed by atoms with E-state index >= 15 is 0 Å². The number of thioether (sulfide) groups is 1. The Labute approximate surface area is 200 Å². The summed E-state index contributed by atoms with van der Waals surface area (Å²) in [4.78, 5) is 31.0. The molecule has 1 N–H and O–H groups in total. The quantitative estimate of drug-likeness (QED) is 0.261. The number of hydrogen-bond donors (Lipinski definition) is 1. The van der Waals surface area contributed by atoms with Crippen molar-refractivity contribution in [3.63, 3.8) is 0 Å². The van der Waals surface area contributed by atoms with Gasteiger partial charge in [0.15, 0.2) is 5.16 Å². The summed E-state index contributed by atoms with van der Waals surface area (Å²) < 4.78 is 7.44. The highest BCUT2D eigenvalue weighted by molar-refractivity contribution is 7.99. The Balaban J connectivity index is 1.50. The van der Waals surface area contributed by atoms with Gasteiger partial charge in [-0.1, -0.05) is 60.3 Å². The lowest BCUT2D eigenvalue weighted by molar-refractivity contribution is -0.113. The molecule has 0 radical (unpaired) electrons. The van der Waals surface area contributed by atoms with Gasteiger partial charge < -0.3 is 9.73 Å². The third-order valence-electron chi connectivity index (χ3n) is 5.47. The van der Waals surface area contributed by atoms with Crippen molar-refractivity contribution in [1.82, 2.24) is 9.55 Å². The molecule has 0 spiro atoms. The molecule has 5 rings (SSSR count). The Bertz CT molecular complexity index is 1550. The average molecular weight is 470 g/mol. The summed E-state index contributed by atoms with van der Waals surface area (Å²) in [6.45, 7) is 4.32. The molecular weight excluding hydrogens is 446 g/mol. The first-order chi connectivity index (χ1) is 16.5. The van der Waals surface area contributed by atoms with Crippen molar-refractivity contribution in [2.75, 3.05) is 11.1 Å². The number of rotatable bonds is 6. The number of benzene rings is 3. The number of fused-ring (bicyclic) bond motifs is 3. The zero-order chi connectivity index (χ0) is 23.7. The largest absolute Gasteiger partial charge is 0.448 e. The van der Waals surface area contributed by atoms with E-state index < -0.39 is 0 Å². The molecule has 0 saturated heterocycles. The molecule has 1 amide bonds. The maximum Gasteiger partial charge on any atom is 0.298 e. The number of anilines is 1. The number of carbonyl (C=O) groups excluding carboxylic acids is 1. The smallest absolute Gasteiger partial charge is 0.298 e. The van der Waals surface area contributed by atoms with Gasteiger partial charge in [-0.3, -0.25) is 14.2 Å². The zero-order valence-corrected chi connectivity index (χ0v) is 19.7. The van der Waals surface area contributed by atoms with Crippen LogP contribution in [0.4, 0.5) is 5.69 Å². The van der Waals surface area contributed by atoms with Gasteiger partial charge in [-0.05, 0) is 54.8 Å². The number of carbonyl (C=O) groups is 1. The fourth-order valence-electron chi connectivity index (χ4n) is 4.04. The molecule has 6 nitrogen and oxygen atoms in total. The average Bonchev–Trinajstić information content (AvgIpc) is 3.19.